The highest BCUT2D eigenvalue weighted by atomic mass is 35.5. The average Bonchev–Trinajstić information content (AvgIpc) is 3.04. The Labute approximate surface area is 291 Å². The molecule has 0 bridgehead atoms. The fourth-order valence-corrected chi connectivity index (χ4v) is 9.04. The number of halogens is 2. The van der Waals surface area contributed by atoms with Gasteiger partial charge < -0.3 is 9.05 Å². The molecule has 0 aliphatic carbocycles. The van der Waals surface area contributed by atoms with Gasteiger partial charge in [-0.05, 0) is 78.4 Å². The van der Waals surface area contributed by atoms with Gasteiger partial charge in [0.05, 0.1) is 31.0 Å². The minimum atomic E-state index is -4.16. The summed E-state index contributed by atoms with van der Waals surface area (Å²) < 4.78 is 64.5. The Bertz CT molecular complexity index is 1750. The number of unbranched alkanes of at least 4 members (excludes halogenated alkanes) is 2. The van der Waals surface area contributed by atoms with Crippen LogP contribution in [0.25, 0.3) is 11.1 Å². The lowest BCUT2D eigenvalue weighted by Gasteiger charge is -2.31. The van der Waals surface area contributed by atoms with Gasteiger partial charge in [-0.3, -0.25) is 18.1 Å². The third-order valence-corrected chi connectivity index (χ3v) is 11.5. The minimum absolute atomic E-state index is 0.148. The van der Waals surface area contributed by atoms with Crippen molar-refractivity contribution < 1.29 is 36.3 Å². The van der Waals surface area contributed by atoms with Crippen LogP contribution in [0.1, 0.15) is 73.5 Å². The second kappa shape index (κ2) is 15.5. The third-order valence-electron chi connectivity index (χ3n) is 8.13. The fraction of sp³-hybridized carbons (Fsp3) is 0.333. The van der Waals surface area contributed by atoms with E-state index in [1.807, 2.05) is 67.6 Å². The van der Waals surface area contributed by atoms with Crippen molar-refractivity contribution in [3.63, 3.8) is 0 Å². The Hall–Kier alpha value is -2.64. The van der Waals surface area contributed by atoms with Gasteiger partial charge in [0, 0.05) is 22.9 Å². The highest BCUT2D eigenvalue weighted by Gasteiger charge is 2.41. The molecule has 0 amide bonds. The first kappa shape index (κ1) is 35.2. The van der Waals surface area contributed by atoms with Crippen LogP contribution < -0.4 is 9.05 Å². The standard InChI is InChI=1S/C36H38Cl2O8P2/c1-3-4-5-10-26-21-34(45-47(39)41-18-16-32(43-47)27-11-7-14-30(37)23-27)36(29-13-6-9-25(2)20-29)35(22-26)46-48(40)42-19-17-33(44-48)28-12-8-15-31(38)24-28/h6-9,11-15,20-24,32-33H,3-5,10,16-19H2,1-2H3. The molecule has 254 valence electrons. The number of aryl methyl sites for hydroxylation is 2. The van der Waals surface area contributed by atoms with Crippen molar-refractivity contribution >= 4 is 38.8 Å². The van der Waals surface area contributed by atoms with Gasteiger partial charge in [-0.2, -0.15) is 0 Å². The van der Waals surface area contributed by atoms with Crippen molar-refractivity contribution in [1.29, 1.82) is 0 Å². The van der Waals surface area contributed by atoms with E-state index in [2.05, 4.69) is 6.92 Å². The summed E-state index contributed by atoms with van der Waals surface area (Å²) in [4.78, 5) is 0. The summed E-state index contributed by atoms with van der Waals surface area (Å²) in [7, 11) is -8.32. The van der Waals surface area contributed by atoms with Gasteiger partial charge in [0.25, 0.3) is 0 Å². The van der Waals surface area contributed by atoms with Crippen molar-refractivity contribution in [2.45, 2.75) is 64.6 Å². The molecule has 2 heterocycles. The number of phosphoric acid groups is 2. The van der Waals surface area contributed by atoms with E-state index in [0.29, 0.717) is 40.4 Å². The van der Waals surface area contributed by atoms with Gasteiger partial charge in [0.2, 0.25) is 0 Å². The predicted octanol–water partition coefficient (Wildman–Crippen LogP) is 12.0. The second-order valence-corrected chi connectivity index (χ2v) is 15.9. The van der Waals surface area contributed by atoms with Crippen LogP contribution >= 0.6 is 38.8 Å². The molecular weight excluding hydrogens is 693 g/mol. The topological polar surface area (TPSA) is 89.5 Å². The number of hydrogen-bond donors (Lipinski definition) is 0. The van der Waals surface area contributed by atoms with Crippen LogP contribution in [0, 0.1) is 6.92 Å². The van der Waals surface area contributed by atoms with Crippen LogP contribution in [-0.2, 0) is 33.6 Å². The molecule has 2 fully saturated rings. The summed E-state index contributed by atoms with van der Waals surface area (Å²) in [5.74, 6) is 0.407. The van der Waals surface area contributed by atoms with E-state index in [0.717, 1.165) is 41.5 Å². The van der Waals surface area contributed by atoms with E-state index in [1.165, 1.54) is 0 Å². The molecule has 8 nitrogen and oxygen atoms in total. The smallest absolute Gasteiger partial charge is 0.403 e. The maximum atomic E-state index is 14.2. The average molecular weight is 732 g/mol. The molecule has 4 aromatic rings. The lowest BCUT2D eigenvalue weighted by Crippen LogP contribution is -2.17. The van der Waals surface area contributed by atoms with Gasteiger partial charge >= 0.3 is 15.6 Å². The fourth-order valence-electron chi connectivity index (χ4n) is 5.82. The normalized spacial score (nSPS) is 24.2. The quantitative estimate of drug-likeness (QED) is 0.111. The molecule has 0 saturated carbocycles. The molecule has 0 radical (unpaired) electrons. The molecule has 0 aromatic heterocycles. The first-order chi connectivity index (χ1) is 23.1. The van der Waals surface area contributed by atoms with E-state index in [1.54, 1.807) is 24.3 Å². The van der Waals surface area contributed by atoms with Crippen molar-refractivity contribution in [3.8, 4) is 22.6 Å². The number of hydrogen-bond acceptors (Lipinski definition) is 8. The Morgan fingerprint density at radius 3 is 1.77 bits per heavy atom. The van der Waals surface area contributed by atoms with Crippen LogP contribution in [0.2, 0.25) is 10.0 Å². The van der Waals surface area contributed by atoms with Crippen LogP contribution in [0.15, 0.2) is 84.9 Å². The lowest BCUT2D eigenvalue weighted by molar-refractivity contribution is 0.0508. The molecule has 2 saturated heterocycles. The summed E-state index contributed by atoms with van der Waals surface area (Å²) in [5.41, 5.74) is 4.43. The SMILES string of the molecule is CCCCCc1cc(OP2(=O)OCCC(c3cccc(Cl)c3)O2)c(-c2cccc(C)c2)c(OP2(=O)OCCC(c3cccc(Cl)c3)O2)c1. The van der Waals surface area contributed by atoms with Gasteiger partial charge in [-0.15, -0.1) is 0 Å². The monoisotopic (exact) mass is 730 g/mol. The molecule has 4 aromatic carbocycles. The molecular formula is C36H38Cl2O8P2. The highest BCUT2D eigenvalue weighted by Crippen LogP contribution is 2.61. The number of benzene rings is 4. The molecule has 4 atom stereocenters. The molecule has 0 spiro atoms. The zero-order valence-corrected chi connectivity index (χ0v) is 30.1. The van der Waals surface area contributed by atoms with Crippen molar-refractivity contribution in [1.82, 2.24) is 0 Å². The maximum absolute atomic E-state index is 14.2. The first-order valence-electron chi connectivity index (χ1n) is 16.1. The molecule has 48 heavy (non-hydrogen) atoms. The Balaban J connectivity index is 1.40. The Morgan fingerprint density at radius 1 is 0.729 bits per heavy atom. The summed E-state index contributed by atoms with van der Waals surface area (Å²) in [6.45, 7) is 4.38. The van der Waals surface area contributed by atoms with Gasteiger partial charge in [-0.25, -0.2) is 9.13 Å². The van der Waals surface area contributed by atoms with Crippen LogP contribution in [0.3, 0.4) is 0 Å². The molecule has 0 N–H and O–H groups in total. The molecule has 2 aliphatic heterocycles. The van der Waals surface area contributed by atoms with Crippen LogP contribution in [-0.4, -0.2) is 13.2 Å². The van der Waals surface area contributed by atoms with Gasteiger partial charge in [0.1, 0.15) is 11.5 Å². The van der Waals surface area contributed by atoms with E-state index < -0.39 is 27.9 Å². The zero-order valence-electron chi connectivity index (χ0n) is 26.8. The van der Waals surface area contributed by atoms with E-state index in [-0.39, 0.29) is 24.7 Å². The Kier molecular flexibility index (Phi) is 11.4. The van der Waals surface area contributed by atoms with E-state index >= 15 is 0 Å². The minimum Gasteiger partial charge on any atom is -0.403 e. The molecule has 4 unspecified atom stereocenters. The van der Waals surface area contributed by atoms with Gasteiger partial charge in [0.15, 0.2) is 0 Å². The van der Waals surface area contributed by atoms with Crippen molar-refractivity contribution in [2.24, 2.45) is 0 Å². The van der Waals surface area contributed by atoms with Crippen molar-refractivity contribution in [2.75, 3.05) is 13.2 Å². The third kappa shape index (κ3) is 8.74. The zero-order chi connectivity index (χ0) is 33.7. The summed E-state index contributed by atoms with van der Waals surface area (Å²) in [6.07, 6.45) is 3.41. The highest BCUT2D eigenvalue weighted by molar-refractivity contribution is 7.49. The number of rotatable bonds is 11. The van der Waals surface area contributed by atoms with Crippen LogP contribution in [0.5, 0.6) is 11.5 Å². The van der Waals surface area contributed by atoms with Gasteiger partial charge in [-0.1, -0.05) is 97.1 Å². The summed E-state index contributed by atoms with van der Waals surface area (Å²) in [6, 6.07) is 25.7. The molecule has 2 aliphatic rings. The summed E-state index contributed by atoms with van der Waals surface area (Å²) in [5, 5.41) is 1.09. The lowest BCUT2D eigenvalue weighted by atomic mass is 9.98. The second-order valence-electron chi connectivity index (χ2n) is 11.9. The van der Waals surface area contributed by atoms with E-state index in [4.69, 9.17) is 50.3 Å². The number of phosphoric ester groups is 2. The predicted molar refractivity (Wildman–Crippen MR) is 188 cm³/mol. The van der Waals surface area contributed by atoms with Crippen molar-refractivity contribution in [3.05, 3.63) is 117 Å². The largest absolute Gasteiger partial charge is 0.530 e. The molecule has 6 rings (SSSR count). The van der Waals surface area contributed by atoms with Crippen LogP contribution in [0.4, 0.5) is 0 Å². The van der Waals surface area contributed by atoms with E-state index in [9.17, 15) is 9.13 Å². The molecule has 12 heteroatoms. The Morgan fingerprint density at radius 2 is 1.27 bits per heavy atom. The summed E-state index contributed by atoms with van der Waals surface area (Å²) >= 11 is 12.5. The first-order valence-corrected chi connectivity index (χ1v) is 19.8. The maximum Gasteiger partial charge on any atom is 0.530 e.